The van der Waals surface area contributed by atoms with Gasteiger partial charge in [-0.2, -0.15) is 5.10 Å². The van der Waals surface area contributed by atoms with Crippen LogP contribution in [0.15, 0.2) is 77.9 Å². The molecule has 0 atom stereocenters. The lowest BCUT2D eigenvalue weighted by atomic mass is 10.1. The number of hydrogen-bond acceptors (Lipinski definition) is 4. The maximum absolute atomic E-state index is 9.79. The second kappa shape index (κ2) is 6.01. The molecular formula is C20H15N3O. The number of fused-ring (bicyclic) bond motifs is 3. The first kappa shape index (κ1) is 14.2. The van der Waals surface area contributed by atoms with Crippen LogP contribution < -0.4 is 5.43 Å². The molecule has 2 N–H and O–H groups in total. The van der Waals surface area contributed by atoms with Crippen molar-refractivity contribution in [3.05, 3.63) is 78.4 Å². The van der Waals surface area contributed by atoms with Crippen LogP contribution in [0.1, 0.15) is 5.56 Å². The number of aromatic nitrogens is 1. The average molecular weight is 313 g/mol. The summed E-state index contributed by atoms with van der Waals surface area (Å²) in [6, 6.07) is 23.2. The first-order valence-corrected chi connectivity index (χ1v) is 7.67. The monoisotopic (exact) mass is 313 g/mol. The third-order valence-corrected chi connectivity index (χ3v) is 3.92. The van der Waals surface area contributed by atoms with Crippen molar-refractivity contribution < 1.29 is 5.11 Å². The van der Waals surface area contributed by atoms with Gasteiger partial charge in [0.15, 0.2) is 5.82 Å². The zero-order valence-electron chi connectivity index (χ0n) is 12.8. The third-order valence-electron chi connectivity index (χ3n) is 3.92. The van der Waals surface area contributed by atoms with Gasteiger partial charge in [-0.1, -0.05) is 54.6 Å². The Bertz CT molecular complexity index is 1060. The predicted octanol–water partition coefficient (Wildman–Crippen LogP) is 4.54. The molecule has 0 aliphatic rings. The van der Waals surface area contributed by atoms with Gasteiger partial charge in [-0.15, -0.1) is 0 Å². The molecule has 0 saturated carbocycles. The number of benzene rings is 3. The van der Waals surface area contributed by atoms with E-state index in [-0.39, 0.29) is 5.75 Å². The lowest BCUT2D eigenvalue weighted by Crippen LogP contribution is -1.96. The van der Waals surface area contributed by atoms with Crippen LogP contribution in [-0.2, 0) is 0 Å². The summed E-state index contributed by atoms with van der Waals surface area (Å²) >= 11 is 0. The quantitative estimate of drug-likeness (QED) is 0.332. The SMILES string of the molecule is Oc1ccccc1/C=N\Nc1nc2ccccc2c2ccccc12. The highest BCUT2D eigenvalue weighted by atomic mass is 16.3. The van der Waals surface area contributed by atoms with Gasteiger partial charge in [-0.25, -0.2) is 4.98 Å². The minimum atomic E-state index is 0.194. The molecule has 3 aromatic carbocycles. The highest BCUT2D eigenvalue weighted by molar-refractivity contribution is 6.10. The number of rotatable bonds is 3. The van der Waals surface area contributed by atoms with Gasteiger partial charge in [-0.3, -0.25) is 5.43 Å². The average Bonchev–Trinajstić information content (AvgIpc) is 2.63. The van der Waals surface area contributed by atoms with Crippen molar-refractivity contribution in [2.75, 3.05) is 5.43 Å². The van der Waals surface area contributed by atoms with Crippen LogP contribution >= 0.6 is 0 Å². The molecule has 4 aromatic rings. The minimum Gasteiger partial charge on any atom is -0.507 e. The van der Waals surface area contributed by atoms with Crippen LogP contribution in [0.25, 0.3) is 21.7 Å². The Morgan fingerprint density at radius 3 is 2.29 bits per heavy atom. The molecule has 0 aliphatic heterocycles. The Hall–Kier alpha value is -3.40. The second-order valence-electron chi connectivity index (χ2n) is 5.45. The number of nitrogens with one attached hydrogen (secondary N) is 1. The summed E-state index contributed by atoms with van der Waals surface area (Å²) in [7, 11) is 0. The first-order valence-electron chi connectivity index (χ1n) is 7.67. The fourth-order valence-electron chi connectivity index (χ4n) is 2.75. The first-order chi connectivity index (χ1) is 11.8. The van der Waals surface area contributed by atoms with Crippen molar-refractivity contribution in [2.45, 2.75) is 0 Å². The Morgan fingerprint density at radius 1 is 0.792 bits per heavy atom. The highest BCUT2D eigenvalue weighted by Gasteiger charge is 2.06. The minimum absolute atomic E-state index is 0.194. The molecule has 1 heterocycles. The topological polar surface area (TPSA) is 57.5 Å². The van der Waals surface area contributed by atoms with E-state index < -0.39 is 0 Å². The summed E-state index contributed by atoms with van der Waals surface area (Å²) < 4.78 is 0. The maximum atomic E-state index is 9.79. The molecule has 0 radical (unpaired) electrons. The molecule has 24 heavy (non-hydrogen) atoms. The largest absolute Gasteiger partial charge is 0.507 e. The van der Waals surface area contributed by atoms with Gasteiger partial charge < -0.3 is 5.11 Å². The van der Waals surface area contributed by atoms with Gasteiger partial charge in [0.05, 0.1) is 11.7 Å². The van der Waals surface area contributed by atoms with Gasteiger partial charge >= 0.3 is 0 Å². The van der Waals surface area contributed by atoms with Gasteiger partial charge in [-0.05, 0) is 23.6 Å². The van der Waals surface area contributed by atoms with Crippen molar-refractivity contribution >= 4 is 33.7 Å². The lowest BCUT2D eigenvalue weighted by Gasteiger charge is -2.08. The van der Waals surface area contributed by atoms with Crippen LogP contribution in [0.3, 0.4) is 0 Å². The smallest absolute Gasteiger partial charge is 0.154 e. The Morgan fingerprint density at radius 2 is 1.46 bits per heavy atom. The standard InChI is InChI=1S/C20H15N3O/c24-19-12-6-1-7-14(19)13-21-23-20-17-10-3-2-8-15(17)16-9-4-5-11-18(16)22-20/h1-13,24H,(H,22,23)/b21-13-. The second-order valence-corrected chi connectivity index (χ2v) is 5.45. The van der Waals surface area contributed by atoms with E-state index in [9.17, 15) is 5.11 Å². The van der Waals surface area contributed by atoms with Gasteiger partial charge in [0.1, 0.15) is 5.75 Å². The molecule has 0 fully saturated rings. The number of aromatic hydroxyl groups is 1. The summed E-state index contributed by atoms with van der Waals surface area (Å²) in [5.74, 6) is 0.885. The number of hydrogen-bond donors (Lipinski definition) is 2. The molecule has 0 amide bonds. The zero-order valence-corrected chi connectivity index (χ0v) is 12.8. The summed E-state index contributed by atoms with van der Waals surface area (Å²) in [5.41, 5.74) is 4.56. The molecule has 4 nitrogen and oxygen atoms in total. The zero-order chi connectivity index (χ0) is 16.4. The Balaban J connectivity index is 1.77. The van der Waals surface area contributed by atoms with E-state index in [2.05, 4.69) is 27.6 Å². The van der Waals surface area contributed by atoms with Crippen LogP contribution in [0.5, 0.6) is 5.75 Å². The molecule has 0 unspecified atom stereocenters. The number of anilines is 1. The molecule has 0 aliphatic carbocycles. The fourth-order valence-corrected chi connectivity index (χ4v) is 2.75. The number of phenols is 1. The van der Waals surface area contributed by atoms with Gasteiger partial charge in [0, 0.05) is 16.3 Å². The molecule has 0 bridgehead atoms. The fraction of sp³-hybridized carbons (Fsp3) is 0. The summed E-state index contributed by atoms with van der Waals surface area (Å²) in [4.78, 5) is 4.67. The van der Waals surface area contributed by atoms with Gasteiger partial charge in [0.25, 0.3) is 0 Å². The molecule has 0 saturated heterocycles. The van der Waals surface area contributed by atoms with Crippen LogP contribution in [0.4, 0.5) is 5.82 Å². The van der Waals surface area contributed by atoms with E-state index in [1.165, 1.54) is 0 Å². The summed E-state index contributed by atoms with van der Waals surface area (Å²) in [5, 5.41) is 17.3. The highest BCUT2D eigenvalue weighted by Crippen LogP contribution is 2.29. The van der Waals surface area contributed by atoms with Crippen molar-refractivity contribution in [1.29, 1.82) is 0 Å². The van der Waals surface area contributed by atoms with Crippen molar-refractivity contribution in [3.63, 3.8) is 0 Å². The molecule has 4 heteroatoms. The Labute approximate surface area is 139 Å². The van der Waals surface area contributed by atoms with Crippen LogP contribution in [0, 0.1) is 0 Å². The molecular weight excluding hydrogens is 298 g/mol. The Kier molecular flexibility index (Phi) is 3.56. The lowest BCUT2D eigenvalue weighted by molar-refractivity contribution is 0.474. The van der Waals surface area contributed by atoms with E-state index in [1.54, 1.807) is 24.4 Å². The van der Waals surface area contributed by atoms with E-state index in [0.29, 0.717) is 11.4 Å². The van der Waals surface area contributed by atoms with Crippen molar-refractivity contribution in [1.82, 2.24) is 4.98 Å². The van der Waals surface area contributed by atoms with E-state index >= 15 is 0 Å². The van der Waals surface area contributed by atoms with Gasteiger partial charge in [0.2, 0.25) is 0 Å². The number of nitrogens with zero attached hydrogens (tertiary/aromatic N) is 2. The van der Waals surface area contributed by atoms with Crippen molar-refractivity contribution in [2.24, 2.45) is 5.10 Å². The van der Waals surface area contributed by atoms with Crippen LogP contribution in [-0.4, -0.2) is 16.3 Å². The summed E-state index contributed by atoms with van der Waals surface area (Å²) in [6.45, 7) is 0. The normalized spacial score (nSPS) is 11.3. The third kappa shape index (κ3) is 2.54. The predicted molar refractivity (Wildman–Crippen MR) is 98.6 cm³/mol. The van der Waals surface area contributed by atoms with E-state index in [4.69, 9.17) is 0 Å². The number of hydrazone groups is 1. The van der Waals surface area contributed by atoms with E-state index in [0.717, 1.165) is 21.7 Å². The van der Waals surface area contributed by atoms with Crippen LogP contribution in [0.2, 0.25) is 0 Å². The number of phenolic OH excluding ortho intramolecular Hbond substituents is 1. The molecule has 116 valence electrons. The van der Waals surface area contributed by atoms with E-state index in [1.807, 2.05) is 42.5 Å². The molecule has 0 spiro atoms. The number of pyridine rings is 1. The van der Waals surface area contributed by atoms with Crippen molar-refractivity contribution in [3.8, 4) is 5.75 Å². The molecule has 1 aromatic heterocycles. The molecule has 4 rings (SSSR count). The summed E-state index contributed by atoms with van der Waals surface area (Å²) in [6.07, 6.45) is 1.58. The number of para-hydroxylation sites is 2. The maximum Gasteiger partial charge on any atom is 0.154 e.